The number of anilines is 3. The Kier molecular flexibility index (Phi) is 11.3. The zero-order chi connectivity index (χ0) is 35.9. The number of halogens is 3. The largest absolute Gasteiger partial charge is 0.481 e. The van der Waals surface area contributed by atoms with Crippen LogP contribution in [0.1, 0.15) is 34.3 Å². The van der Waals surface area contributed by atoms with Gasteiger partial charge in [-0.05, 0) is 48.9 Å². The summed E-state index contributed by atoms with van der Waals surface area (Å²) in [5, 5.41) is 13.3. The van der Waals surface area contributed by atoms with Crippen molar-refractivity contribution < 1.29 is 23.5 Å². The zero-order valence-corrected chi connectivity index (χ0v) is 29.4. The lowest BCUT2D eigenvalue weighted by molar-refractivity contribution is -0.119. The molecule has 13 heteroatoms. The molecule has 0 saturated carbocycles. The first-order valence-corrected chi connectivity index (χ1v) is 17.0. The zero-order valence-electron chi connectivity index (χ0n) is 27.9. The molecule has 51 heavy (non-hydrogen) atoms. The van der Waals surface area contributed by atoms with Crippen molar-refractivity contribution in [2.45, 2.75) is 32.0 Å². The highest BCUT2D eigenvalue weighted by Crippen LogP contribution is 2.42. The lowest BCUT2D eigenvalue weighted by Gasteiger charge is -2.16. The van der Waals surface area contributed by atoms with Gasteiger partial charge in [0, 0.05) is 71.8 Å². The van der Waals surface area contributed by atoms with Gasteiger partial charge in [0.05, 0.1) is 41.2 Å². The Labute approximate surface area is 304 Å². The molecule has 3 aromatic carbocycles. The number of benzene rings is 3. The molecule has 1 fully saturated rings. The fraction of sp³-hybridized carbons (Fsp3) is 0.211. The van der Waals surface area contributed by atoms with Gasteiger partial charge in [-0.15, -0.1) is 0 Å². The van der Waals surface area contributed by atoms with Crippen molar-refractivity contribution in [2.75, 3.05) is 31.4 Å². The first-order valence-electron chi connectivity index (χ1n) is 16.2. The van der Waals surface area contributed by atoms with E-state index in [4.69, 9.17) is 37.7 Å². The van der Waals surface area contributed by atoms with Crippen molar-refractivity contribution in [1.82, 2.24) is 20.6 Å². The number of carbonyl (C=O) groups excluding carboxylic acids is 2. The average molecular weight is 730 g/mol. The normalized spacial score (nSPS) is 13.8. The average Bonchev–Trinajstić information content (AvgIpc) is 3.57. The number of pyridine rings is 2. The van der Waals surface area contributed by atoms with Crippen LogP contribution in [0.5, 0.6) is 5.88 Å². The summed E-state index contributed by atoms with van der Waals surface area (Å²) in [5.41, 5.74) is 5.41. The summed E-state index contributed by atoms with van der Waals surface area (Å²) in [6.45, 7) is 1.35. The summed E-state index contributed by atoms with van der Waals surface area (Å²) in [4.78, 5) is 32.2. The summed E-state index contributed by atoms with van der Waals surface area (Å²) in [6, 6.07) is 23.2. The minimum atomic E-state index is -0.540. The van der Waals surface area contributed by atoms with Gasteiger partial charge < -0.3 is 30.7 Å². The predicted molar refractivity (Wildman–Crippen MR) is 197 cm³/mol. The van der Waals surface area contributed by atoms with Crippen LogP contribution in [0.2, 0.25) is 10.0 Å². The van der Waals surface area contributed by atoms with Crippen LogP contribution < -0.4 is 26.0 Å². The Hall–Kier alpha value is -5.23. The Balaban J connectivity index is 1.18. The summed E-state index contributed by atoms with van der Waals surface area (Å²) in [5.74, 6) is -0.423. The Bertz CT molecular complexity index is 2060. The van der Waals surface area contributed by atoms with Crippen molar-refractivity contribution in [1.29, 1.82) is 0 Å². The highest BCUT2D eigenvalue weighted by molar-refractivity contribution is 6.39. The SMILES string of the molecule is COC(=O)c1ccc(NCc2ccnc(Nc3cccc(-c4cccc(-c5ccc(CNC[C@@H]6CCC(=O)N6)c(OC)n5)c4Cl)c3Cl)c2F)cc1. The quantitative estimate of drug-likeness (QED) is 0.0900. The van der Waals surface area contributed by atoms with E-state index in [-0.39, 0.29) is 24.3 Å². The van der Waals surface area contributed by atoms with Crippen molar-refractivity contribution in [3.8, 4) is 28.3 Å². The monoisotopic (exact) mass is 728 g/mol. The van der Waals surface area contributed by atoms with Gasteiger partial charge in [0.15, 0.2) is 11.6 Å². The molecule has 0 aliphatic carbocycles. The van der Waals surface area contributed by atoms with E-state index in [1.807, 2.05) is 36.4 Å². The molecule has 3 heterocycles. The summed E-state index contributed by atoms with van der Waals surface area (Å²) in [7, 11) is 2.89. The number of ether oxygens (including phenoxy) is 2. The molecule has 10 nitrogen and oxygen atoms in total. The fourth-order valence-corrected chi connectivity index (χ4v) is 6.39. The van der Waals surface area contributed by atoms with Crippen molar-refractivity contribution in [3.63, 3.8) is 0 Å². The number of methoxy groups -OCH3 is 2. The predicted octanol–water partition coefficient (Wildman–Crippen LogP) is 7.78. The molecule has 5 aromatic rings. The summed E-state index contributed by atoms with van der Waals surface area (Å²) in [6.07, 6.45) is 2.88. The van der Waals surface area contributed by atoms with Crippen LogP contribution in [0.25, 0.3) is 22.4 Å². The van der Waals surface area contributed by atoms with E-state index in [1.165, 1.54) is 13.3 Å². The highest BCUT2D eigenvalue weighted by Gasteiger charge is 2.21. The molecule has 1 saturated heterocycles. The second kappa shape index (κ2) is 16.2. The molecule has 0 bridgehead atoms. The smallest absolute Gasteiger partial charge is 0.337 e. The van der Waals surface area contributed by atoms with Gasteiger partial charge in [0.2, 0.25) is 11.8 Å². The molecular formula is C38H35Cl2FN6O4. The van der Waals surface area contributed by atoms with Gasteiger partial charge in [-0.2, -0.15) is 0 Å². The Morgan fingerprint density at radius 2 is 1.67 bits per heavy atom. The first-order chi connectivity index (χ1) is 24.7. The van der Waals surface area contributed by atoms with Crippen LogP contribution in [0.4, 0.5) is 21.6 Å². The molecule has 6 rings (SSSR count). The van der Waals surface area contributed by atoms with Crippen molar-refractivity contribution in [2.24, 2.45) is 0 Å². The fourth-order valence-electron chi connectivity index (χ4n) is 5.79. The van der Waals surface area contributed by atoms with Crippen LogP contribution >= 0.6 is 23.2 Å². The third kappa shape index (κ3) is 8.23. The second-order valence-corrected chi connectivity index (χ2v) is 12.6. The molecule has 1 amide bonds. The van der Waals surface area contributed by atoms with Crippen LogP contribution in [0.3, 0.4) is 0 Å². The van der Waals surface area contributed by atoms with E-state index in [0.29, 0.717) is 80.3 Å². The number of amides is 1. The lowest BCUT2D eigenvalue weighted by Crippen LogP contribution is -2.35. The molecule has 0 unspecified atom stereocenters. The maximum atomic E-state index is 15.7. The number of carbonyl (C=O) groups is 2. The van der Waals surface area contributed by atoms with Crippen molar-refractivity contribution >= 4 is 52.3 Å². The molecule has 2 aromatic heterocycles. The molecule has 0 spiro atoms. The van der Waals surface area contributed by atoms with E-state index in [0.717, 1.165) is 12.0 Å². The van der Waals surface area contributed by atoms with Gasteiger partial charge in [-0.1, -0.05) is 59.6 Å². The number of hydrogen-bond acceptors (Lipinski definition) is 9. The standard InChI is InChI=1S/C38H35Cl2FN6O4/c1-50-37-24(19-42-21-26-14-16-32(48)45-26)11-15-30(47-37)29-7-3-5-27(33(29)39)28-6-4-8-31(34(28)40)46-36-35(41)23(17-18-43-36)20-44-25-12-9-22(10-13-25)38(49)51-2/h3-13,15,17-18,26,42,44H,14,16,19-21H2,1-2H3,(H,43,46)(H,45,48)/t26-/m0/s1. The third-order valence-corrected chi connectivity index (χ3v) is 9.31. The first kappa shape index (κ1) is 35.6. The van der Waals surface area contributed by atoms with Gasteiger partial charge in [0.25, 0.3) is 0 Å². The number of nitrogens with one attached hydrogen (secondary N) is 4. The molecule has 4 N–H and O–H groups in total. The topological polar surface area (TPSA) is 126 Å². The third-order valence-electron chi connectivity index (χ3n) is 8.50. The summed E-state index contributed by atoms with van der Waals surface area (Å²) >= 11 is 14.0. The van der Waals surface area contributed by atoms with E-state index < -0.39 is 11.8 Å². The van der Waals surface area contributed by atoms with Crippen LogP contribution in [0, 0.1) is 5.82 Å². The minimum absolute atomic E-state index is 0.00751. The summed E-state index contributed by atoms with van der Waals surface area (Å²) < 4.78 is 26.0. The molecule has 1 atom stereocenters. The van der Waals surface area contributed by atoms with Crippen molar-refractivity contribution in [3.05, 3.63) is 118 Å². The Morgan fingerprint density at radius 1 is 0.922 bits per heavy atom. The molecule has 262 valence electrons. The number of aromatic nitrogens is 2. The number of nitrogens with zero attached hydrogens (tertiary/aromatic N) is 2. The van der Waals surface area contributed by atoms with Gasteiger partial charge in [-0.3, -0.25) is 4.79 Å². The Morgan fingerprint density at radius 3 is 2.39 bits per heavy atom. The number of rotatable bonds is 13. The molecule has 1 aliphatic rings. The molecule has 1 aliphatic heterocycles. The van der Waals surface area contributed by atoms with Gasteiger partial charge in [-0.25, -0.2) is 19.2 Å². The number of esters is 1. The van der Waals surface area contributed by atoms with E-state index in [9.17, 15) is 9.59 Å². The molecule has 0 radical (unpaired) electrons. The van der Waals surface area contributed by atoms with Crippen LogP contribution in [0.15, 0.2) is 85.1 Å². The van der Waals surface area contributed by atoms with E-state index in [1.54, 1.807) is 49.6 Å². The number of hydrogen-bond donors (Lipinski definition) is 4. The van der Waals surface area contributed by atoms with Gasteiger partial charge in [0.1, 0.15) is 0 Å². The van der Waals surface area contributed by atoms with Gasteiger partial charge >= 0.3 is 5.97 Å². The lowest BCUT2D eigenvalue weighted by atomic mass is 10.00. The molecular weight excluding hydrogens is 694 g/mol. The maximum Gasteiger partial charge on any atom is 0.337 e. The highest BCUT2D eigenvalue weighted by atomic mass is 35.5. The van der Waals surface area contributed by atoms with E-state index >= 15 is 4.39 Å². The maximum absolute atomic E-state index is 15.7. The second-order valence-electron chi connectivity index (χ2n) is 11.8. The van der Waals surface area contributed by atoms with E-state index in [2.05, 4.69) is 26.3 Å². The minimum Gasteiger partial charge on any atom is -0.481 e. The van der Waals surface area contributed by atoms with Crippen LogP contribution in [-0.2, 0) is 22.6 Å². The van der Waals surface area contributed by atoms with Crippen LogP contribution in [-0.4, -0.2) is 48.7 Å².